The van der Waals surface area contributed by atoms with Crippen LogP contribution < -0.4 is 10.1 Å². The summed E-state index contributed by atoms with van der Waals surface area (Å²) in [5, 5.41) is 3.15. The molecule has 0 aromatic heterocycles. The van der Waals surface area contributed by atoms with Gasteiger partial charge in [-0.25, -0.2) is 9.18 Å². The normalized spacial score (nSPS) is 17.3. The van der Waals surface area contributed by atoms with E-state index in [0.29, 0.717) is 12.4 Å². The number of piperazine rings is 1. The quantitative estimate of drug-likeness (QED) is 0.732. The Kier molecular flexibility index (Phi) is 11.8. The Morgan fingerprint density at radius 3 is 2.67 bits per heavy atom. The molecule has 5 nitrogen and oxygen atoms in total. The maximum absolute atomic E-state index is 12.7. The van der Waals surface area contributed by atoms with Gasteiger partial charge in [0.2, 0.25) is 0 Å². The van der Waals surface area contributed by atoms with Gasteiger partial charge < -0.3 is 14.8 Å². The third-order valence-electron chi connectivity index (χ3n) is 3.52. The number of nitrogens with zero attached hydrogens (tertiary/aromatic N) is 1. The lowest BCUT2D eigenvalue weighted by molar-refractivity contribution is -0.145. The maximum Gasteiger partial charge on any atom is 0.344 e. The molecule has 1 aliphatic rings. The molecule has 1 heterocycles. The highest BCUT2D eigenvalue weighted by atomic mass is 35.5. The highest BCUT2D eigenvalue weighted by Gasteiger charge is 2.18. The Labute approximate surface area is 154 Å². The van der Waals surface area contributed by atoms with Gasteiger partial charge in [0.15, 0.2) is 6.61 Å². The Morgan fingerprint density at radius 2 is 2.04 bits per heavy atom. The van der Waals surface area contributed by atoms with Crippen LogP contribution in [0.25, 0.3) is 0 Å². The van der Waals surface area contributed by atoms with Gasteiger partial charge in [0, 0.05) is 32.2 Å². The van der Waals surface area contributed by atoms with Crippen molar-refractivity contribution in [2.75, 3.05) is 39.5 Å². The lowest BCUT2D eigenvalue weighted by atomic mass is 10.1. The second-order valence-electron chi connectivity index (χ2n) is 5.28. The summed E-state index contributed by atoms with van der Waals surface area (Å²) in [6.07, 6.45) is 0. The molecule has 1 atom stereocenters. The van der Waals surface area contributed by atoms with E-state index in [1.54, 1.807) is 6.92 Å². The van der Waals surface area contributed by atoms with Crippen molar-refractivity contribution in [2.45, 2.75) is 19.5 Å². The summed E-state index contributed by atoms with van der Waals surface area (Å²) in [4.78, 5) is 13.4. The smallest absolute Gasteiger partial charge is 0.344 e. The zero-order valence-corrected chi connectivity index (χ0v) is 15.3. The summed E-state index contributed by atoms with van der Waals surface area (Å²) in [6, 6.07) is 7.54. The number of hydrogen-bond acceptors (Lipinski definition) is 5. The first kappa shape index (κ1) is 22.9. The van der Waals surface area contributed by atoms with E-state index in [0.717, 1.165) is 31.7 Å². The summed E-state index contributed by atoms with van der Waals surface area (Å²) in [5.41, 5.74) is 1.14. The number of esters is 1. The minimum absolute atomic E-state index is 0. The van der Waals surface area contributed by atoms with Crippen LogP contribution in [0.15, 0.2) is 24.3 Å². The van der Waals surface area contributed by atoms with Gasteiger partial charge in [-0.2, -0.15) is 0 Å². The van der Waals surface area contributed by atoms with E-state index in [9.17, 15) is 9.18 Å². The number of carbonyl (C=O) groups is 1. The first-order chi connectivity index (χ1) is 10.7. The molecule has 0 saturated carbocycles. The minimum atomic E-state index is -0.371. The van der Waals surface area contributed by atoms with Gasteiger partial charge in [-0.3, -0.25) is 4.90 Å². The standard InChI is InChI=1S/C16H23FN2O3.2ClH/c1-2-21-16(20)12-22-15-5-3-13(4-6-15)10-19-8-7-18-14(9-17)11-19;;/h3-6,14,18H,2,7-12H2,1H3;2*1H. The maximum atomic E-state index is 12.7. The summed E-state index contributed by atoms with van der Waals surface area (Å²) >= 11 is 0. The van der Waals surface area contributed by atoms with E-state index >= 15 is 0 Å². The molecule has 2 rings (SSSR count). The largest absolute Gasteiger partial charge is 0.482 e. The molecule has 0 amide bonds. The van der Waals surface area contributed by atoms with Crippen LogP contribution in [0.4, 0.5) is 4.39 Å². The number of ether oxygens (including phenoxy) is 2. The number of carbonyl (C=O) groups excluding carboxylic acids is 1. The molecule has 0 spiro atoms. The fraction of sp³-hybridized carbons (Fsp3) is 0.562. The zero-order valence-electron chi connectivity index (χ0n) is 13.7. The Hall–Kier alpha value is -1.08. The van der Waals surface area contributed by atoms with Gasteiger partial charge >= 0.3 is 5.97 Å². The second kappa shape index (κ2) is 12.3. The van der Waals surface area contributed by atoms with Crippen molar-refractivity contribution in [1.82, 2.24) is 10.2 Å². The summed E-state index contributed by atoms with van der Waals surface area (Å²) in [6.45, 7) is 4.93. The zero-order chi connectivity index (χ0) is 15.8. The van der Waals surface area contributed by atoms with Gasteiger partial charge in [0.1, 0.15) is 12.4 Å². The number of halogens is 3. The minimum Gasteiger partial charge on any atom is -0.482 e. The van der Waals surface area contributed by atoms with Crippen LogP contribution in [0, 0.1) is 0 Å². The van der Waals surface area contributed by atoms with Gasteiger partial charge in [-0.1, -0.05) is 12.1 Å². The highest BCUT2D eigenvalue weighted by molar-refractivity contribution is 5.85. The van der Waals surface area contributed by atoms with E-state index in [4.69, 9.17) is 9.47 Å². The lowest BCUT2D eigenvalue weighted by Gasteiger charge is -2.32. The van der Waals surface area contributed by atoms with E-state index in [2.05, 4.69) is 10.2 Å². The van der Waals surface area contributed by atoms with Gasteiger partial charge in [-0.05, 0) is 24.6 Å². The van der Waals surface area contributed by atoms with E-state index < -0.39 is 0 Å². The van der Waals surface area contributed by atoms with Crippen molar-refractivity contribution in [3.8, 4) is 5.75 Å². The third-order valence-corrected chi connectivity index (χ3v) is 3.52. The number of rotatable bonds is 7. The van der Waals surface area contributed by atoms with Crippen LogP contribution in [0.3, 0.4) is 0 Å². The average molecular weight is 383 g/mol. The van der Waals surface area contributed by atoms with Gasteiger partial charge in [-0.15, -0.1) is 24.8 Å². The van der Waals surface area contributed by atoms with Crippen molar-refractivity contribution in [1.29, 1.82) is 0 Å². The molecule has 0 aliphatic carbocycles. The number of alkyl halides is 1. The molecular weight excluding hydrogens is 358 g/mol. The van der Waals surface area contributed by atoms with Crippen molar-refractivity contribution in [3.05, 3.63) is 29.8 Å². The molecule has 138 valence electrons. The second-order valence-corrected chi connectivity index (χ2v) is 5.28. The van der Waals surface area contributed by atoms with Crippen LogP contribution in [-0.4, -0.2) is 56.4 Å². The predicted molar refractivity (Wildman–Crippen MR) is 96.1 cm³/mol. The van der Waals surface area contributed by atoms with Crippen molar-refractivity contribution >= 4 is 30.8 Å². The van der Waals surface area contributed by atoms with Crippen LogP contribution in [0.2, 0.25) is 0 Å². The summed E-state index contributed by atoms with van der Waals surface area (Å²) in [5.74, 6) is 0.267. The lowest BCUT2D eigenvalue weighted by Crippen LogP contribution is -2.51. The molecule has 0 radical (unpaired) electrons. The molecule has 0 bridgehead atoms. The fourth-order valence-electron chi connectivity index (χ4n) is 2.44. The predicted octanol–water partition coefficient (Wildman–Crippen LogP) is 2.22. The van der Waals surface area contributed by atoms with Crippen LogP contribution in [0.1, 0.15) is 12.5 Å². The van der Waals surface area contributed by atoms with Crippen molar-refractivity contribution < 1.29 is 18.7 Å². The summed E-state index contributed by atoms with van der Waals surface area (Å²) < 4.78 is 22.9. The number of benzene rings is 1. The SMILES string of the molecule is CCOC(=O)COc1ccc(CN2CCNC(CF)C2)cc1.Cl.Cl. The first-order valence-electron chi connectivity index (χ1n) is 7.60. The molecule has 8 heteroatoms. The molecule has 1 fully saturated rings. The molecule has 1 aromatic carbocycles. The van der Waals surface area contributed by atoms with E-state index in [1.165, 1.54) is 0 Å². The van der Waals surface area contributed by atoms with Gasteiger partial charge in [0.25, 0.3) is 0 Å². The Bertz CT molecular complexity index is 477. The topological polar surface area (TPSA) is 50.8 Å². The van der Waals surface area contributed by atoms with Crippen molar-refractivity contribution in [3.63, 3.8) is 0 Å². The Balaban J connectivity index is 0.00000264. The van der Waals surface area contributed by atoms with E-state index in [-0.39, 0.29) is 50.1 Å². The molecule has 1 N–H and O–H groups in total. The molecule has 24 heavy (non-hydrogen) atoms. The van der Waals surface area contributed by atoms with Gasteiger partial charge in [0.05, 0.1) is 6.61 Å². The van der Waals surface area contributed by atoms with Crippen LogP contribution in [-0.2, 0) is 16.1 Å². The fourth-order valence-corrected chi connectivity index (χ4v) is 2.44. The summed E-state index contributed by atoms with van der Waals surface area (Å²) in [7, 11) is 0. The average Bonchev–Trinajstić information content (AvgIpc) is 2.55. The van der Waals surface area contributed by atoms with Crippen LogP contribution in [0.5, 0.6) is 5.75 Å². The molecule has 1 saturated heterocycles. The van der Waals surface area contributed by atoms with Crippen molar-refractivity contribution in [2.24, 2.45) is 0 Å². The molecule has 1 unspecified atom stereocenters. The van der Waals surface area contributed by atoms with Crippen LogP contribution >= 0.6 is 24.8 Å². The monoisotopic (exact) mass is 382 g/mol. The molecule has 1 aromatic rings. The number of hydrogen-bond donors (Lipinski definition) is 1. The highest BCUT2D eigenvalue weighted by Crippen LogP contribution is 2.14. The molecular formula is C16H25Cl2FN2O3. The first-order valence-corrected chi connectivity index (χ1v) is 7.60. The molecule has 1 aliphatic heterocycles. The number of nitrogens with one attached hydrogen (secondary N) is 1. The van der Waals surface area contributed by atoms with E-state index in [1.807, 2.05) is 24.3 Å². The Morgan fingerprint density at radius 1 is 1.33 bits per heavy atom. The third kappa shape index (κ3) is 7.66.